The Hall–Kier alpha value is -3.59. The van der Waals surface area contributed by atoms with Crippen LogP contribution in [0, 0.1) is 6.92 Å². The molecule has 0 radical (unpaired) electrons. The van der Waals surface area contributed by atoms with E-state index in [0.29, 0.717) is 23.1 Å². The lowest BCUT2D eigenvalue weighted by molar-refractivity contribution is -0.113. The fourth-order valence-corrected chi connectivity index (χ4v) is 4.32. The van der Waals surface area contributed by atoms with Gasteiger partial charge in [-0.3, -0.25) is 9.48 Å². The number of aryl methyl sites for hydroxylation is 2. The maximum absolute atomic E-state index is 12.5. The second-order valence-corrected chi connectivity index (χ2v) is 8.46. The van der Waals surface area contributed by atoms with Crippen molar-refractivity contribution in [1.82, 2.24) is 24.5 Å². The number of hydrogen-bond donors (Lipinski definition) is 1. The Labute approximate surface area is 197 Å². The number of rotatable bonds is 8. The molecule has 4 aromatic rings. The fourth-order valence-electron chi connectivity index (χ4n) is 3.52. The van der Waals surface area contributed by atoms with Crippen LogP contribution in [0.5, 0.6) is 5.75 Å². The van der Waals surface area contributed by atoms with E-state index in [1.165, 1.54) is 17.3 Å². The first kappa shape index (κ1) is 22.6. The third-order valence-corrected chi connectivity index (χ3v) is 6.11. The number of ether oxygens (including phenoxy) is 1. The van der Waals surface area contributed by atoms with Crippen LogP contribution in [0.2, 0.25) is 0 Å². The minimum absolute atomic E-state index is 0.140. The quantitative estimate of drug-likeness (QED) is 0.390. The number of benzene rings is 2. The molecule has 0 fully saturated rings. The van der Waals surface area contributed by atoms with Crippen molar-refractivity contribution in [3.05, 3.63) is 60.3 Å². The molecule has 0 saturated carbocycles. The number of amides is 1. The molecule has 0 saturated heterocycles. The Morgan fingerprint density at radius 1 is 1.12 bits per heavy atom. The summed E-state index contributed by atoms with van der Waals surface area (Å²) in [7, 11) is 3.47. The van der Waals surface area contributed by atoms with Gasteiger partial charge in [0.1, 0.15) is 11.4 Å². The number of hydrogen-bond acceptors (Lipinski definition) is 6. The van der Waals surface area contributed by atoms with Crippen molar-refractivity contribution in [2.24, 2.45) is 7.05 Å². The summed E-state index contributed by atoms with van der Waals surface area (Å²) in [5, 5.41) is 17.1. The van der Waals surface area contributed by atoms with Gasteiger partial charge in [-0.05, 0) is 26.0 Å². The Balaban J connectivity index is 1.55. The second kappa shape index (κ2) is 9.91. The molecule has 4 rings (SSSR count). The highest BCUT2D eigenvalue weighted by Gasteiger charge is 2.20. The molecule has 0 aliphatic carbocycles. The normalized spacial score (nSPS) is 10.9. The van der Waals surface area contributed by atoms with Crippen LogP contribution in [0.15, 0.2) is 59.9 Å². The van der Waals surface area contributed by atoms with Crippen LogP contribution < -0.4 is 10.1 Å². The minimum Gasteiger partial charge on any atom is -0.495 e. The SMILES string of the molecule is CCn1c(SCC(=O)Nc2ccccc2OC)nnc1-c1cn(C)nc1-c1ccc(C)cc1. The maximum atomic E-state index is 12.5. The molecule has 0 unspecified atom stereocenters. The van der Waals surface area contributed by atoms with Gasteiger partial charge in [-0.15, -0.1) is 10.2 Å². The zero-order valence-corrected chi connectivity index (χ0v) is 19.9. The summed E-state index contributed by atoms with van der Waals surface area (Å²) in [6, 6.07) is 15.6. The zero-order chi connectivity index (χ0) is 23.4. The third kappa shape index (κ3) is 4.93. The van der Waals surface area contributed by atoms with Crippen LogP contribution in [0.3, 0.4) is 0 Å². The number of thioether (sulfide) groups is 1. The van der Waals surface area contributed by atoms with E-state index in [2.05, 4.69) is 51.8 Å². The molecule has 170 valence electrons. The van der Waals surface area contributed by atoms with E-state index in [1.807, 2.05) is 49.0 Å². The smallest absolute Gasteiger partial charge is 0.234 e. The Kier molecular flexibility index (Phi) is 6.79. The lowest BCUT2D eigenvalue weighted by atomic mass is 10.1. The predicted octanol–water partition coefficient (Wildman–Crippen LogP) is 4.41. The fraction of sp³-hybridized carbons (Fsp3) is 0.250. The average molecular weight is 463 g/mol. The molecule has 2 heterocycles. The number of anilines is 1. The number of carbonyl (C=O) groups excluding carboxylic acids is 1. The van der Waals surface area contributed by atoms with Gasteiger partial charge >= 0.3 is 0 Å². The van der Waals surface area contributed by atoms with Gasteiger partial charge in [0.05, 0.1) is 24.1 Å². The number of methoxy groups -OCH3 is 1. The van der Waals surface area contributed by atoms with E-state index in [0.717, 1.165) is 22.6 Å². The van der Waals surface area contributed by atoms with E-state index in [1.54, 1.807) is 11.8 Å². The molecule has 0 bridgehead atoms. The van der Waals surface area contributed by atoms with Crippen molar-refractivity contribution in [2.45, 2.75) is 25.5 Å². The van der Waals surface area contributed by atoms with Crippen molar-refractivity contribution in [1.29, 1.82) is 0 Å². The maximum Gasteiger partial charge on any atom is 0.234 e. The van der Waals surface area contributed by atoms with Crippen LogP contribution in [-0.2, 0) is 18.4 Å². The van der Waals surface area contributed by atoms with Gasteiger partial charge in [0.2, 0.25) is 5.91 Å². The molecule has 0 spiro atoms. The van der Waals surface area contributed by atoms with Gasteiger partial charge in [0.15, 0.2) is 11.0 Å². The molecule has 2 aromatic carbocycles. The van der Waals surface area contributed by atoms with Gasteiger partial charge in [0.25, 0.3) is 0 Å². The highest BCUT2D eigenvalue weighted by atomic mass is 32.2. The topological polar surface area (TPSA) is 86.9 Å². The third-order valence-electron chi connectivity index (χ3n) is 5.14. The van der Waals surface area contributed by atoms with Crippen molar-refractivity contribution in [3.8, 4) is 28.4 Å². The summed E-state index contributed by atoms with van der Waals surface area (Å²) in [6.07, 6.45) is 1.95. The largest absolute Gasteiger partial charge is 0.495 e. The number of nitrogens with one attached hydrogen (secondary N) is 1. The van der Waals surface area contributed by atoms with E-state index in [4.69, 9.17) is 4.74 Å². The highest BCUT2D eigenvalue weighted by Crippen LogP contribution is 2.32. The number of carbonyl (C=O) groups is 1. The minimum atomic E-state index is -0.140. The first-order chi connectivity index (χ1) is 16.0. The summed E-state index contributed by atoms with van der Waals surface area (Å²) in [5.74, 6) is 1.41. The van der Waals surface area contributed by atoms with Gasteiger partial charge in [-0.25, -0.2) is 0 Å². The molecule has 1 N–H and O–H groups in total. The molecule has 2 aromatic heterocycles. The monoisotopic (exact) mass is 462 g/mol. The first-order valence-corrected chi connectivity index (χ1v) is 11.6. The van der Waals surface area contributed by atoms with Crippen LogP contribution in [0.4, 0.5) is 5.69 Å². The summed E-state index contributed by atoms with van der Waals surface area (Å²) in [5.41, 5.74) is 4.61. The van der Waals surface area contributed by atoms with Crippen molar-refractivity contribution in [2.75, 3.05) is 18.2 Å². The Morgan fingerprint density at radius 3 is 2.61 bits per heavy atom. The lowest BCUT2D eigenvalue weighted by Crippen LogP contribution is -2.15. The molecule has 9 heteroatoms. The summed E-state index contributed by atoms with van der Waals surface area (Å²) in [6.45, 7) is 4.76. The highest BCUT2D eigenvalue weighted by molar-refractivity contribution is 7.99. The number of aromatic nitrogens is 5. The molecule has 33 heavy (non-hydrogen) atoms. The molecule has 8 nitrogen and oxygen atoms in total. The molecular weight excluding hydrogens is 436 g/mol. The molecule has 1 amide bonds. The Bertz CT molecular complexity index is 1260. The average Bonchev–Trinajstić information content (AvgIpc) is 3.41. The summed E-state index contributed by atoms with van der Waals surface area (Å²) in [4.78, 5) is 12.5. The van der Waals surface area contributed by atoms with Gasteiger partial charge in [-0.1, -0.05) is 53.7 Å². The molecule has 0 aliphatic heterocycles. The first-order valence-electron chi connectivity index (χ1n) is 10.6. The summed E-state index contributed by atoms with van der Waals surface area (Å²) < 4.78 is 9.09. The Morgan fingerprint density at radius 2 is 1.88 bits per heavy atom. The molecule has 0 aliphatic rings. The summed E-state index contributed by atoms with van der Waals surface area (Å²) >= 11 is 1.35. The molecule has 0 atom stereocenters. The lowest BCUT2D eigenvalue weighted by Gasteiger charge is -2.10. The standard InChI is InChI=1S/C24H26N6O2S/c1-5-30-23(18-14-29(3)28-22(18)17-12-10-16(2)11-13-17)26-27-24(30)33-15-21(31)25-19-8-6-7-9-20(19)32-4/h6-14H,5,15H2,1-4H3,(H,25,31). The van der Waals surface area contributed by atoms with E-state index in [-0.39, 0.29) is 11.7 Å². The van der Waals surface area contributed by atoms with E-state index >= 15 is 0 Å². The van der Waals surface area contributed by atoms with Crippen molar-refractivity contribution in [3.63, 3.8) is 0 Å². The van der Waals surface area contributed by atoms with Gasteiger partial charge in [0, 0.05) is 25.4 Å². The van der Waals surface area contributed by atoms with Crippen LogP contribution in [-0.4, -0.2) is 43.3 Å². The van der Waals surface area contributed by atoms with E-state index in [9.17, 15) is 4.79 Å². The van der Waals surface area contributed by atoms with Crippen LogP contribution >= 0.6 is 11.8 Å². The van der Waals surface area contributed by atoms with Gasteiger partial charge < -0.3 is 14.6 Å². The number of nitrogens with zero attached hydrogens (tertiary/aromatic N) is 5. The van der Waals surface area contributed by atoms with Crippen molar-refractivity contribution < 1.29 is 9.53 Å². The van der Waals surface area contributed by atoms with Crippen molar-refractivity contribution >= 4 is 23.4 Å². The van der Waals surface area contributed by atoms with Gasteiger partial charge in [-0.2, -0.15) is 5.10 Å². The second-order valence-electron chi connectivity index (χ2n) is 7.52. The van der Waals surface area contributed by atoms with Crippen LogP contribution in [0.1, 0.15) is 12.5 Å². The predicted molar refractivity (Wildman–Crippen MR) is 130 cm³/mol. The van der Waals surface area contributed by atoms with E-state index < -0.39 is 0 Å². The zero-order valence-electron chi connectivity index (χ0n) is 19.1. The molecular formula is C24H26N6O2S. The van der Waals surface area contributed by atoms with Crippen LogP contribution in [0.25, 0.3) is 22.6 Å². The number of para-hydroxylation sites is 2.